The van der Waals surface area contributed by atoms with Gasteiger partial charge in [-0.3, -0.25) is 4.79 Å². The summed E-state index contributed by atoms with van der Waals surface area (Å²) in [6.45, 7) is 8.44. The summed E-state index contributed by atoms with van der Waals surface area (Å²) in [7, 11) is 0. The van der Waals surface area contributed by atoms with Gasteiger partial charge in [-0.2, -0.15) is 0 Å². The number of benzene rings is 1. The maximum Gasteiger partial charge on any atom is 0.254 e. The molecule has 0 aliphatic carbocycles. The molecular formula is C17H26N2O3. The minimum atomic E-state index is 0.0344. The Morgan fingerprint density at radius 1 is 1.32 bits per heavy atom. The predicted octanol–water partition coefficient (Wildman–Crippen LogP) is 2.29. The second kappa shape index (κ2) is 7.49. The summed E-state index contributed by atoms with van der Waals surface area (Å²) < 4.78 is 11.1. The van der Waals surface area contributed by atoms with Crippen LogP contribution in [0.5, 0.6) is 11.5 Å². The number of likely N-dealkylation sites (tertiary alicyclic amines) is 1. The summed E-state index contributed by atoms with van der Waals surface area (Å²) in [5, 5.41) is 0. The lowest BCUT2D eigenvalue weighted by Crippen LogP contribution is -2.33. The van der Waals surface area contributed by atoms with Crippen LogP contribution in [0, 0.1) is 5.92 Å². The summed E-state index contributed by atoms with van der Waals surface area (Å²) in [5.74, 6) is 1.72. The fourth-order valence-electron chi connectivity index (χ4n) is 2.77. The van der Waals surface area contributed by atoms with Gasteiger partial charge in [0.2, 0.25) is 0 Å². The zero-order valence-electron chi connectivity index (χ0n) is 13.7. The molecule has 0 saturated carbocycles. The molecule has 1 aliphatic heterocycles. The number of nitrogens with zero attached hydrogens (tertiary/aromatic N) is 1. The van der Waals surface area contributed by atoms with Gasteiger partial charge in [0.25, 0.3) is 5.91 Å². The standard InChI is InChI=1S/C17H26N2O3/c1-4-21-15-7-6-13(10-16(15)22-5-2)17(20)19-9-8-14(11-19)12(3)18/h6-7,10,12,14H,4-5,8-9,11,18H2,1-3H3. The third-order valence-corrected chi connectivity index (χ3v) is 4.05. The molecule has 1 aromatic rings. The van der Waals surface area contributed by atoms with Crippen molar-refractivity contribution in [2.24, 2.45) is 11.7 Å². The van der Waals surface area contributed by atoms with E-state index in [4.69, 9.17) is 15.2 Å². The lowest BCUT2D eigenvalue weighted by Gasteiger charge is -2.19. The molecule has 0 aromatic heterocycles. The lowest BCUT2D eigenvalue weighted by molar-refractivity contribution is 0.0785. The van der Waals surface area contributed by atoms with E-state index in [0.29, 0.717) is 36.2 Å². The van der Waals surface area contributed by atoms with Crippen molar-refractivity contribution in [3.05, 3.63) is 23.8 Å². The zero-order valence-corrected chi connectivity index (χ0v) is 13.7. The fourth-order valence-corrected chi connectivity index (χ4v) is 2.77. The minimum absolute atomic E-state index is 0.0344. The summed E-state index contributed by atoms with van der Waals surface area (Å²) in [4.78, 5) is 14.5. The van der Waals surface area contributed by atoms with Crippen LogP contribution in [0.1, 0.15) is 37.6 Å². The topological polar surface area (TPSA) is 64.8 Å². The minimum Gasteiger partial charge on any atom is -0.490 e. The summed E-state index contributed by atoms with van der Waals surface area (Å²) in [6, 6.07) is 5.50. The Bertz CT molecular complexity index is 517. The smallest absolute Gasteiger partial charge is 0.254 e. The van der Waals surface area contributed by atoms with Gasteiger partial charge >= 0.3 is 0 Å². The van der Waals surface area contributed by atoms with Gasteiger partial charge in [0.05, 0.1) is 13.2 Å². The molecule has 1 heterocycles. The highest BCUT2D eigenvalue weighted by Crippen LogP contribution is 2.30. The van der Waals surface area contributed by atoms with Crippen LogP contribution in [-0.4, -0.2) is 43.2 Å². The first-order valence-electron chi connectivity index (χ1n) is 8.01. The van der Waals surface area contributed by atoms with Crippen LogP contribution in [0.3, 0.4) is 0 Å². The number of amides is 1. The Labute approximate surface area is 132 Å². The molecule has 1 fully saturated rings. The highest BCUT2D eigenvalue weighted by molar-refractivity contribution is 5.95. The molecule has 0 bridgehead atoms. The van der Waals surface area contributed by atoms with Gasteiger partial charge < -0.3 is 20.1 Å². The van der Waals surface area contributed by atoms with Gasteiger partial charge in [-0.05, 0) is 51.3 Å². The monoisotopic (exact) mass is 306 g/mol. The van der Waals surface area contributed by atoms with Crippen LogP contribution in [-0.2, 0) is 0 Å². The molecule has 1 amide bonds. The van der Waals surface area contributed by atoms with Crippen molar-refractivity contribution in [3.63, 3.8) is 0 Å². The first-order chi connectivity index (χ1) is 10.6. The lowest BCUT2D eigenvalue weighted by atomic mass is 10.0. The van der Waals surface area contributed by atoms with Crippen molar-refractivity contribution in [1.82, 2.24) is 4.90 Å². The molecule has 2 N–H and O–H groups in total. The third-order valence-electron chi connectivity index (χ3n) is 4.05. The summed E-state index contributed by atoms with van der Waals surface area (Å²) in [5.41, 5.74) is 6.58. The van der Waals surface area contributed by atoms with E-state index in [1.165, 1.54) is 0 Å². The highest BCUT2D eigenvalue weighted by atomic mass is 16.5. The van der Waals surface area contributed by atoms with Crippen LogP contribution in [0.2, 0.25) is 0 Å². The zero-order chi connectivity index (χ0) is 16.1. The Hall–Kier alpha value is -1.75. The molecule has 0 spiro atoms. The van der Waals surface area contributed by atoms with Crippen molar-refractivity contribution >= 4 is 5.91 Å². The first kappa shape index (κ1) is 16.6. The van der Waals surface area contributed by atoms with Gasteiger partial charge in [-0.15, -0.1) is 0 Å². The number of rotatable bonds is 6. The molecule has 2 atom stereocenters. The molecule has 1 aliphatic rings. The summed E-state index contributed by atoms with van der Waals surface area (Å²) >= 11 is 0. The number of carbonyl (C=O) groups excluding carboxylic acids is 1. The number of carbonyl (C=O) groups is 1. The normalized spacial score (nSPS) is 19.1. The third kappa shape index (κ3) is 3.71. The SMILES string of the molecule is CCOc1ccc(C(=O)N2CCC(C(C)N)C2)cc1OCC. The van der Waals surface area contributed by atoms with Gasteiger partial charge in [-0.25, -0.2) is 0 Å². The van der Waals surface area contributed by atoms with E-state index >= 15 is 0 Å². The quantitative estimate of drug-likeness (QED) is 0.876. The average molecular weight is 306 g/mol. The largest absolute Gasteiger partial charge is 0.490 e. The Balaban J connectivity index is 2.14. The molecule has 0 radical (unpaired) electrons. The van der Waals surface area contributed by atoms with E-state index in [1.807, 2.05) is 25.7 Å². The average Bonchev–Trinajstić information content (AvgIpc) is 2.99. The van der Waals surface area contributed by atoms with Crippen molar-refractivity contribution in [3.8, 4) is 11.5 Å². The molecule has 2 unspecified atom stereocenters. The predicted molar refractivity (Wildman–Crippen MR) is 86.4 cm³/mol. The van der Waals surface area contributed by atoms with Crippen LogP contribution >= 0.6 is 0 Å². The maximum atomic E-state index is 12.6. The highest BCUT2D eigenvalue weighted by Gasteiger charge is 2.29. The number of hydrogen-bond donors (Lipinski definition) is 1. The summed E-state index contributed by atoms with van der Waals surface area (Å²) in [6.07, 6.45) is 0.971. The van der Waals surface area contributed by atoms with Crippen LogP contribution in [0.4, 0.5) is 0 Å². The van der Waals surface area contributed by atoms with Gasteiger partial charge in [0.15, 0.2) is 11.5 Å². The molecule has 122 valence electrons. The van der Waals surface area contributed by atoms with E-state index in [1.54, 1.807) is 18.2 Å². The van der Waals surface area contributed by atoms with Crippen LogP contribution in [0.15, 0.2) is 18.2 Å². The van der Waals surface area contributed by atoms with Crippen molar-refractivity contribution in [1.29, 1.82) is 0 Å². The first-order valence-corrected chi connectivity index (χ1v) is 8.01. The second-order valence-corrected chi connectivity index (χ2v) is 5.69. The Morgan fingerprint density at radius 2 is 2.00 bits per heavy atom. The van der Waals surface area contributed by atoms with Crippen molar-refractivity contribution in [2.75, 3.05) is 26.3 Å². The van der Waals surface area contributed by atoms with E-state index in [9.17, 15) is 4.79 Å². The van der Waals surface area contributed by atoms with Gasteiger partial charge in [-0.1, -0.05) is 0 Å². The van der Waals surface area contributed by atoms with Crippen LogP contribution < -0.4 is 15.2 Å². The van der Waals surface area contributed by atoms with E-state index < -0.39 is 0 Å². The van der Waals surface area contributed by atoms with Crippen molar-refractivity contribution in [2.45, 2.75) is 33.2 Å². The Morgan fingerprint density at radius 3 is 2.59 bits per heavy atom. The number of nitrogens with two attached hydrogens (primary N) is 1. The van der Waals surface area contributed by atoms with E-state index in [-0.39, 0.29) is 11.9 Å². The molecule has 1 aromatic carbocycles. The maximum absolute atomic E-state index is 12.6. The Kier molecular flexibility index (Phi) is 5.66. The molecule has 5 heteroatoms. The molecule has 2 rings (SSSR count). The fraction of sp³-hybridized carbons (Fsp3) is 0.588. The second-order valence-electron chi connectivity index (χ2n) is 5.69. The molecule has 5 nitrogen and oxygen atoms in total. The molecule has 22 heavy (non-hydrogen) atoms. The number of hydrogen-bond acceptors (Lipinski definition) is 4. The van der Waals surface area contributed by atoms with Gasteiger partial charge in [0.1, 0.15) is 0 Å². The van der Waals surface area contributed by atoms with E-state index in [2.05, 4.69) is 0 Å². The van der Waals surface area contributed by atoms with E-state index in [0.717, 1.165) is 19.5 Å². The molecular weight excluding hydrogens is 280 g/mol. The molecule has 1 saturated heterocycles. The number of ether oxygens (including phenoxy) is 2. The van der Waals surface area contributed by atoms with Crippen LogP contribution in [0.25, 0.3) is 0 Å². The van der Waals surface area contributed by atoms with Crippen molar-refractivity contribution < 1.29 is 14.3 Å². The van der Waals surface area contributed by atoms with Gasteiger partial charge in [0, 0.05) is 24.7 Å².